The van der Waals surface area contributed by atoms with Crippen LogP contribution in [0, 0.1) is 5.92 Å². The molecule has 3 rings (SSSR count). The van der Waals surface area contributed by atoms with Crippen molar-refractivity contribution in [3.05, 3.63) is 65.3 Å². The monoisotopic (exact) mass is 307 g/mol. The third-order valence-electron chi connectivity index (χ3n) is 4.02. The van der Waals surface area contributed by atoms with Gasteiger partial charge in [-0.1, -0.05) is 48.1 Å². The predicted octanol–water partition coefficient (Wildman–Crippen LogP) is 3.12. The number of carbonyl (C=O) groups excluding carboxylic acids is 2. The van der Waals surface area contributed by atoms with Gasteiger partial charge in [-0.25, -0.2) is 4.99 Å². The zero-order valence-electron chi connectivity index (χ0n) is 13.1. The smallest absolute Gasteiger partial charge is 0.310 e. The second-order valence-electron chi connectivity index (χ2n) is 5.57. The molecule has 4 heteroatoms. The van der Waals surface area contributed by atoms with Crippen LogP contribution in [0.2, 0.25) is 0 Å². The average molecular weight is 307 g/mol. The van der Waals surface area contributed by atoms with Gasteiger partial charge in [-0.3, -0.25) is 9.59 Å². The maximum Gasteiger partial charge on any atom is 0.310 e. The van der Waals surface area contributed by atoms with E-state index in [0.29, 0.717) is 11.3 Å². The van der Waals surface area contributed by atoms with Crippen molar-refractivity contribution in [3.8, 4) is 0 Å². The Hall–Kier alpha value is -2.75. The molecular weight excluding hydrogens is 290 g/mol. The van der Waals surface area contributed by atoms with Crippen molar-refractivity contribution >= 4 is 23.2 Å². The minimum Gasteiger partial charge on any atom is -0.469 e. The van der Waals surface area contributed by atoms with Crippen LogP contribution in [0.4, 0.5) is 0 Å². The van der Waals surface area contributed by atoms with Gasteiger partial charge in [0.25, 0.3) is 5.91 Å². The fourth-order valence-corrected chi connectivity index (χ4v) is 2.91. The Bertz CT molecular complexity index is 782. The number of nitrogens with zero attached hydrogens (tertiary/aromatic N) is 1. The van der Waals surface area contributed by atoms with Gasteiger partial charge >= 0.3 is 5.97 Å². The zero-order valence-corrected chi connectivity index (χ0v) is 13.1. The molecule has 0 N–H and O–H groups in total. The molecule has 1 aliphatic carbocycles. The summed E-state index contributed by atoms with van der Waals surface area (Å²) in [6.45, 7) is 2.01. The van der Waals surface area contributed by atoms with E-state index in [9.17, 15) is 9.59 Å². The molecule has 0 fully saturated rings. The lowest BCUT2D eigenvalue weighted by Gasteiger charge is -2.27. The number of hydrogen-bond acceptors (Lipinski definition) is 3. The molecule has 0 saturated heterocycles. The highest BCUT2D eigenvalue weighted by Crippen LogP contribution is 2.37. The first kappa shape index (κ1) is 15.2. The second-order valence-corrected chi connectivity index (χ2v) is 5.57. The summed E-state index contributed by atoms with van der Waals surface area (Å²) in [5.41, 5.74) is 4.00. The number of amides is 1. The number of esters is 1. The van der Waals surface area contributed by atoms with Crippen LogP contribution >= 0.6 is 0 Å². The summed E-state index contributed by atoms with van der Waals surface area (Å²) in [4.78, 5) is 28.4. The summed E-state index contributed by atoms with van der Waals surface area (Å²) in [5.74, 6) is -0.912. The van der Waals surface area contributed by atoms with Crippen molar-refractivity contribution < 1.29 is 14.3 Å². The number of methoxy groups -OCH3 is 1. The lowest BCUT2D eigenvalue weighted by molar-refractivity contribution is -0.140. The maximum atomic E-state index is 12.5. The SMILES string of the molecule is COC(=O)CC1=C(c2ccccc2)C2C=C(C)C=CC2=NC1=O. The molecule has 2 aliphatic rings. The summed E-state index contributed by atoms with van der Waals surface area (Å²) in [6.07, 6.45) is 5.82. The molecule has 1 unspecified atom stereocenters. The number of rotatable bonds is 3. The molecule has 0 bridgehead atoms. The fourth-order valence-electron chi connectivity index (χ4n) is 2.91. The Kier molecular flexibility index (Phi) is 4.06. The Balaban J connectivity index is 2.17. The first-order valence-electron chi connectivity index (χ1n) is 7.45. The van der Waals surface area contributed by atoms with Crippen molar-refractivity contribution in [1.82, 2.24) is 0 Å². The number of aliphatic imine (C=N–C) groups is 1. The fraction of sp³-hybridized carbons (Fsp3) is 0.211. The molecule has 0 spiro atoms. The Morgan fingerprint density at radius 1 is 1.22 bits per heavy atom. The molecule has 1 atom stereocenters. The molecule has 23 heavy (non-hydrogen) atoms. The van der Waals surface area contributed by atoms with Gasteiger partial charge < -0.3 is 4.74 Å². The largest absolute Gasteiger partial charge is 0.469 e. The van der Waals surface area contributed by atoms with Crippen LogP contribution in [0.3, 0.4) is 0 Å². The van der Waals surface area contributed by atoms with Gasteiger partial charge in [-0.05, 0) is 24.1 Å². The quantitative estimate of drug-likeness (QED) is 0.806. The summed E-state index contributed by atoms with van der Waals surface area (Å²) in [5, 5.41) is 0. The molecule has 0 radical (unpaired) electrons. The van der Waals surface area contributed by atoms with Gasteiger partial charge in [0.1, 0.15) is 0 Å². The Morgan fingerprint density at radius 2 is 1.96 bits per heavy atom. The van der Waals surface area contributed by atoms with E-state index < -0.39 is 5.97 Å². The van der Waals surface area contributed by atoms with Crippen LogP contribution < -0.4 is 0 Å². The van der Waals surface area contributed by atoms with E-state index in [1.165, 1.54) is 7.11 Å². The van der Waals surface area contributed by atoms with Crippen LogP contribution in [-0.4, -0.2) is 24.7 Å². The van der Waals surface area contributed by atoms with E-state index in [1.807, 2.05) is 49.4 Å². The van der Waals surface area contributed by atoms with Gasteiger partial charge in [0.2, 0.25) is 0 Å². The molecule has 1 amide bonds. The van der Waals surface area contributed by atoms with Crippen molar-refractivity contribution in [2.75, 3.05) is 7.11 Å². The van der Waals surface area contributed by atoms with Crippen molar-refractivity contribution in [1.29, 1.82) is 0 Å². The Labute approximate surface area is 134 Å². The number of fused-ring (bicyclic) bond motifs is 1. The number of benzene rings is 1. The molecule has 1 heterocycles. The van der Waals surface area contributed by atoms with Gasteiger partial charge in [0.05, 0.1) is 19.2 Å². The molecule has 0 saturated carbocycles. The highest BCUT2D eigenvalue weighted by atomic mass is 16.5. The summed E-state index contributed by atoms with van der Waals surface area (Å²) >= 11 is 0. The average Bonchev–Trinajstić information content (AvgIpc) is 2.56. The van der Waals surface area contributed by atoms with E-state index in [1.54, 1.807) is 0 Å². The van der Waals surface area contributed by atoms with E-state index in [2.05, 4.69) is 11.1 Å². The van der Waals surface area contributed by atoms with E-state index in [-0.39, 0.29) is 18.2 Å². The van der Waals surface area contributed by atoms with Crippen LogP contribution in [0.25, 0.3) is 5.57 Å². The van der Waals surface area contributed by atoms with Gasteiger partial charge in [-0.2, -0.15) is 0 Å². The lowest BCUT2D eigenvalue weighted by atomic mass is 9.79. The highest BCUT2D eigenvalue weighted by molar-refractivity contribution is 6.21. The standard InChI is InChI=1S/C19H17NO3/c1-12-8-9-16-14(10-12)18(13-6-4-3-5-7-13)15(19(22)20-16)11-17(21)23-2/h3-10,14H,11H2,1-2H3. The molecule has 1 aliphatic heterocycles. The van der Waals surface area contributed by atoms with Crippen LogP contribution in [0.1, 0.15) is 18.9 Å². The number of hydrogen-bond donors (Lipinski definition) is 0. The Morgan fingerprint density at radius 3 is 2.65 bits per heavy atom. The third kappa shape index (κ3) is 2.93. The zero-order chi connectivity index (χ0) is 16.4. The van der Waals surface area contributed by atoms with Crippen LogP contribution in [0.15, 0.2) is 64.7 Å². The summed E-state index contributed by atoms with van der Waals surface area (Å²) in [6, 6.07) is 9.66. The summed E-state index contributed by atoms with van der Waals surface area (Å²) in [7, 11) is 1.32. The number of ether oxygens (including phenoxy) is 1. The molecule has 1 aromatic rings. The normalized spacial score (nSPS) is 19.9. The molecule has 1 aromatic carbocycles. The maximum absolute atomic E-state index is 12.5. The molecule has 0 aromatic heterocycles. The van der Waals surface area contributed by atoms with Crippen molar-refractivity contribution in [3.63, 3.8) is 0 Å². The first-order valence-corrected chi connectivity index (χ1v) is 7.45. The van der Waals surface area contributed by atoms with E-state index in [0.717, 1.165) is 16.7 Å². The third-order valence-corrected chi connectivity index (χ3v) is 4.02. The van der Waals surface area contributed by atoms with E-state index >= 15 is 0 Å². The molecular formula is C19H17NO3. The van der Waals surface area contributed by atoms with E-state index in [4.69, 9.17) is 4.74 Å². The van der Waals surface area contributed by atoms with Crippen LogP contribution in [-0.2, 0) is 14.3 Å². The van der Waals surface area contributed by atoms with Crippen molar-refractivity contribution in [2.45, 2.75) is 13.3 Å². The van der Waals surface area contributed by atoms with Crippen molar-refractivity contribution in [2.24, 2.45) is 10.9 Å². The number of dihydropyridines is 1. The van der Waals surface area contributed by atoms with Gasteiger partial charge in [0.15, 0.2) is 0 Å². The predicted molar refractivity (Wildman–Crippen MR) is 88.8 cm³/mol. The minimum absolute atomic E-state index is 0.0660. The number of allylic oxidation sites excluding steroid dienone is 5. The number of carbonyl (C=O) groups is 2. The summed E-state index contributed by atoms with van der Waals surface area (Å²) < 4.78 is 4.74. The van der Waals surface area contributed by atoms with Gasteiger partial charge in [0, 0.05) is 11.5 Å². The topological polar surface area (TPSA) is 55.7 Å². The van der Waals surface area contributed by atoms with Gasteiger partial charge in [-0.15, -0.1) is 0 Å². The first-order chi connectivity index (χ1) is 11.1. The second kappa shape index (κ2) is 6.16. The molecule has 4 nitrogen and oxygen atoms in total. The van der Waals surface area contributed by atoms with Crippen LogP contribution in [0.5, 0.6) is 0 Å². The lowest BCUT2D eigenvalue weighted by Crippen LogP contribution is -2.26. The highest BCUT2D eigenvalue weighted by Gasteiger charge is 2.32. The minimum atomic E-state index is -0.438. The molecule has 116 valence electrons.